The summed E-state index contributed by atoms with van der Waals surface area (Å²) >= 11 is 0. The first-order chi connectivity index (χ1) is 14.1. The van der Waals surface area contributed by atoms with Crippen molar-refractivity contribution < 1.29 is 4.79 Å². The second kappa shape index (κ2) is 17.4. The first-order valence-corrected chi connectivity index (χ1v) is 11.7. The van der Waals surface area contributed by atoms with Crippen molar-refractivity contribution in [1.29, 1.82) is 0 Å². The van der Waals surface area contributed by atoms with E-state index < -0.39 is 0 Å². The van der Waals surface area contributed by atoms with Gasteiger partial charge in [-0.25, -0.2) is 4.79 Å². The number of nitrogens with zero attached hydrogens (tertiary/aromatic N) is 3. The van der Waals surface area contributed by atoms with Gasteiger partial charge < -0.3 is 20.0 Å². The molecule has 5 nitrogen and oxygen atoms in total. The molecule has 1 rings (SSSR count). The zero-order valence-electron chi connectivity index (χ0n) is 19.9. The SMILES string of the molecule is CCCCN(CCCC)CC(CN(CC)CC)N(CC)C(=O)Nc1ccccc1.Cl. The van der Waals surface area contributed by atoms with E-state index in [9.17, 15) is 4.79 Å². The van der Waals surface area contributed by atoms with Crippen molar-refractivity contribution in [2.24, 2.45) is 0 Å². The van der Waals surface area contributed by atoms with Crippen LogP contribution in [0.25, 0.3) is 0 Å². The first kappa shape index (κ1) is 28.7. The number of urea groups is 1. The van der Waals surface area contributed by atoms with E-state index >= 15 is 0 Å². The van der Waals surface area contributed by atoms with E-state index in [2.05, 4.69) is 49.7 Å². The number of amides is 2. The molecule has 1 unspecified atom stereocenters. The van der Waals surface area contributed by atoms with Gasteiger partial charge in [-0.2, -0.15) is 0 Å². The van der Waals surface area contributed by atoms with Gasteiger partial charge in [0.15, 0.2) is 0 Å². The van der Waals surface area contributed by atoms with E-state index in [4.69, 9.17) is 0 Å². The average Bonchev–Trinajstić information content (AvgIpc) is 2.74. The van der Waals surface area contributed by atoms with E-state index in [-0.39, 0.29) is 24.5 Å². The molecule has 1 N–H and O–H groups in total. The van der Waals surface area contributed by atoms with Crippen LogP contribution in [0.1, 0.15) is 60.3 Å². The second-order valence-corrected chi connectivity index (χ2v) is 7.73. The Morgan fingerprint density at radius 2 is 1.37 bits per heavy atom. The number of halogens is 1. The zero-order chi connectivity index (χ0) is 21.5. The Bertz CT molecular complexity index is 531. The summed E-state index contributed by atoms with van der Waals surface area (Å²) < 4.78 is 0. The maximum atomic E-state index is 13.1. The van der Waals surface area contributed by atoms with Crippen molar-refractivity contribution >= 4 is 24.1 Å². The Morgan fingerprint density at radius 1 is 0.833 bits per heavy atom. The molecule has 6 heteroatoms. The topological polar surface area (TPSA) is 38.8 Å². The van der Waals surface area contributed by atoms with Crippen LogP contribution in [0, 0.1) is 0 Å². The number of hydrogen-bond donors (Lipinski definition) is 1. The minimum absolute atomic E-state index is 0. The Kier molecular flexibility index (Phi) is 16.6. The third-order valence-corrected chi connectivity index (χ3v) is 5.56. The Morgan fingerprint density at radius 3 is 1.83 bits per heavy atom. The molecule has 1 atom stereocenters. The number of nitrogens with one attached hydrogen (secondary N) is 1. The van der Waals surface area contributed by atoms with Crippen LogP contribution in [0.15, 0.2) is 30.3 Å². The number of rotatable bonds is 15. The van der Waals surface area contributed by atoms with Gasteiger partial charge in [-0.3, -0.25) is 0 Å². The number of para-hydroxylation sites is 1. The van der Waals surface area contributed by atoms with Crippen LogP contribution in [0.5, 0.6) is 0 Å². The summed E-state index contributed by atoms with van der Waals surface area (Å²) in [5.74, 6) is 0. The van der Waals surface area contributed by atoms with Crippen LogP contribution >= 0.6 is 12.4 Å². The van der Waals surface area contributed by atoms with Gasteiger partial charge in [0.2, 0.25) is 0 Å². The van der Waals surface area contributed by atoms with Gasteiger partial charge in [0.25, 0.3) is 0 Å². The Hall–Kier alpha value is -1.30. The zero-order valence-corrected chi connectivity index (χ0v) is 20.7. The normalized spacial score (nSPS) is 12.0. The number of carbonyl (C=O) groups excluding carboxylic acids is 1. The van der Waals surface area contributed by atoms with Gasteiger partial charge >= 0.3 is 6.03 Å². The largest absolute Gasteiger partial charge is 0.322 e. The van der Waals surface area contributed by atoms with Crippen LogP contribution in [-0.4, -0.2) is 72.6 Å². The van der Waals surface area contributed by atoms with Gasteiger partial charge in [-0.05, 0) is 58.1 Å². The lowest BCUT2D eigenvalue weighted by molar-refractivity contribution is 0.124. The van der Waals surface area contributed by atoms with Crippen molar-refractivity contribution in [3.8, 4) is 0 Å². The van der Waals surface area contributed by atoms with Crippen molar-refractivity contribution in [3.63, 3.8) is 0 Å². The fourth-order valence-corrected chi connectivity index (χ4v) is 3.67. The minimum Gasteiger partial charge on any atom is -0.319 e. The van der Waals surface area contributed by atoms with E-state index in [1.807, 2.05) is 35.2 Å². The molecular formula is C24H45ClN4O. The summed E-state index contributed by atoms with van der Waals surface area (Å²) in [6, 6.07) is 9.95. The summed E-state index contributed by atoms with van der Waals surface area (Å²) in [7, 11) is 0. The Labute approximate surface area is 191 Å². The van der Waals surface area contributed by atoms with Crippen molar-refractivity contribution in [3.05, 3.63) is 30.3 Å². The molecule has 2 amide bonds. The predicted molar refractivity (Wildman–Crippen MR) is 133 cm³/mol. The average molecular weight is 441 g/mol. The van der Waals surface area contributed by atoms with E-state index in [1.165, 1.54) is 25.7 Å². The third kappa shape index (κ3) is 10.6. The molecule has 0 saturated heterocycles. The molecule has 174 valence electrons. The minimum atomic E-state index is 0. The smallest absolute Gasteiger partial charge is 0.319 e. The fourth-order valence-electron chi connectivity index (χ4n) is 3.67. The first-order valence-electron chi connectivity index (χ1n) is 11.7. The highest BCUT2D eigenvalue weighted by molar-refractivity contribution is 5.89. The van der Waals surface area contributed by atoms with Crippen LogP contribution in [0.4, 0.5) is 10.5 Å². The number of likely N-dealkylation sites (N-methyl/N-ethyl adjacent to an activating group) is 2. The van der Waals surface area contributed by atoms with Gasteiger partial charge in [-0.1, -0.05) is 58.7 Å². The van der Waals surface area contributed by atoms with Gasteiger partial charge in [-0.15, -0.1) is 12.4 Å². The highest BCUT2D eigenvalue weighted by Crippen LogP contribution is 2.12. The van der Waals surface area contributed by atoms with E-state index in [0.29, 0.717) is 6.54 Å². The maximum Gasteiger partial charge on any atom is 0.322 e. The molecule has 0 fully saturated rings. The van der Waals surface area contributed by atoms with Gasteiger partial charge in [0.05, 0.1) is 6.04 Å². The summed E-state index contributed by atoms with van der Waals surface area (Å²) in [6.45, 7) is 17.8. The van der Waals surface area contributed by atoms with Crippen LogP contribution in [0.3, 0.4) is 0 Å². The maximum absolute atomic E-state index is 13.1. The van der Waals surface area contributed by atoms with Crippen molar-refractivity contribution in [1.82, 2.24) is 14.7 Å². The molecule has 1 aromatic rings. The fraction of sp³-hybridized carbons (Fsp3) is 0.708. The molecule has 0 radical (unpaired) electrons. The predicted octanol–water partition coefficient (Wildman–Crippen LogP) is 5.57. The molecular weight excluding hydrogens is 396 g/mol. The number of unbranched alkanes of at least 4 members (excludes halogenated alkanes) is 2. The highest BCUT2D eigenvalue weighted by atomic mass is 35.5. The van der Waals surface area contributed by atoms with E-state index in [1.54, 1.807) is 0 Å². The highest BCUT2D eigenvalue weighted by Gasteiger charge is 2.26. The second-order valence-electron chi connectivity index (χ2n) is 7.73. The summed E-state index contributed by atoms with van der Waals surface area (Å²) in [6.07, 6.45) is 4.83. The Balaban J connectivity index is 0.00000841. The lowest BCUT2D eigenvalue weighted by atomic mass is 10.1. The molecule has 0 bridgehead atoms. The van der Waals surface area contributed by atoms with Gasteiger partial charge in [0, 0.05) is 25.3 Å². The molecule has 1 aromatic carbocycles. The van der Waals surface area contributed by atoms with Crippen LogP contribution in [0.2, 0.25) is 0 Å². The molecule has 0 aliphatic rings. The molecule has 30 heavy (non-hydrogen) atoms. The molecule has 0 aliphatic carbocycles. The van der Waals surface area contributed by atoms with E-state index in [0.717, 1.165) is 45.0 Å². The third-order valence-electron chi connectivity index (χ3n) is 5.56. The number of anilines is 1. The lowest BCUT2D eigenvalue weighted by Gasteiger charge is -2.37. The number of carbonyl (C=O) groups is 1. The standard InChI is InChI=1S/C24H44N4O.ClH/c1-6-11-18-27(19-12-7-2)21-23(20-26(8-3)9-4)28(10-5)24(29)25-22-16-14-13-15-17-22;/h13-17,23H,6-12,18-21H2,1-5H3,(H,25,29);1H. The number of benzene rings is 1. The van der Waals surface area contributed by atoms with Crippen LogP contribution in [-0.2, 0) is 0 Å². The molecule has 0 aliphatic heterocycles. The van der Waals surface area contributed by atoms with Gasteiger partial charge in [0.1, 0.15) is 0 Å². The monoisotopic (exact) mass is 440 g/mol. The van der Waals surface area contributed by atoms with Crippen molar-refractivity contribution in [2.75, 3.05) is 51.1 Å². The molecule has 0 spiro atoms. The quantitative estimate of drug-likeness (QED) is 0.387. The van der Waals surface area contributed by atoms with Crippen LogP contribution < -0.4 is 5.32 Å². The van der Waals surface area contributed by atoms with Crippen molar-refractivity contribution in [2.45, 2.75) is 66.3 Å². The summed E-state index contributed by atoms with van der Waals surface area (Å²) in [5.41, 5.74) is 0.853. The molecule has 0 saturated carbocycles. The molecule has 0 aromatic heterocycles. The summed E-state index contributed by atoms with van der Waals surface area (Å²) in [5, 5.41) is 3.09. The lowest BCUT2D eigenvalue weighted by Crippen LogP contribution is -2.53. The molecule has 0 heterocycles. The summed E-state index contributed by atoms with van der Waals surface area (Å²) in [4.78, 5) is 20.2. The number of hydrogen-bond acceptors (Lipinski definition) is 3.